The molecule has 0 spiro atoms. The number of amides is 3. The fraction of sp³-hybridized carbons (Fsp3) is 0.556. The Morgan fingerprint density at radius 3 is 2.36 bits per heavy atom. The highest BCUT2D eigenvalue weighted by Gasteiger charge is 2.32. The van der Waals surface area contributed by atoms with E-state index in [1.54, 1.807) is 0 Å². The van der Waals surface area contributed by atoms with Gasteiger partial charge < -0.3 is 48.3 Å². The van der Waals surface area contributed by atoms with Crippen LogP contribution in [-0.4, -0.2) is 87.2 Å². The van der Waals surface area contributed by atoms with Crippen LogP contribution >= 0.6 is 0 Å². The molecule has 184 valence electrons. The monoisotopic (exact) mass is 469 g/mol. The second-order valence-corrected chi connectivity index (χ2v) is 7.18. The number of aliphatic imine (C=N–C) groups is 1. The Morgan fingerprint density at radius 1 is 1.15 bits per heavy atom. The minimum Gasteiger partial charge on any atom is -0.480 e. The predicted molar refractivity (Wildman–Crippen MR) is 116 cm³/mol. The summed E-state index contributed by atoms with van der Waals surface area (Å²) in [5.41, 5.74) is 16.2. The highest BCUT2D eigenvalue weighted by atomic mass is 16.4. The molecule has 1 aromatic rings. The van der Waals surface area contributed by atoms with Crippen LogP contribution in [0.2, 0.25) is 0 Å². The molecule has 3 amide bonds. The molecular formula is C18H31N9O6. The van der Waals surface area contributed by atoms with Crippen molar-refractivity contribution in [2.24, 2.45) is 22.2 Å². The lowest BCUT2D eigenvalue weighted by molar-refractivity contribution is -0.143. The van der Waals surface area contributed by atoms with Crippen LogP contribution in [0.5, 0.6) is 0 Å². The number of carbonyl (C=O) groups excluding carboxylic acids is 3. The van der Waals surface area contributed by atoms with Gasteiger partial charge in [-0.3, -0.25) is 19.4 Å². The van der Waals surface area contributed by atoms with E-state index < -0.39 is 47.9 Å². The van der Waals surface area contributed by atoms with Crippen LogP contribution in [0.4, 0.5) is 0 Å². The minimum atomic E-state index is -1.49. The van der Waals surface area contributed by atoms with E-state index in [1.807, 2.05) is 0 Å². The Hall–Kier alpha value is -3.72. The number of nitrogens with one attached hydrogen (secondary N) is 4. The van der Waals surface area contributed by atoms with E-state index in [4.69, 9.17) is 17.2 Å². The van der Waals surface area contributed by atoms with Crippen LogP contribution < -0.4 is 33.2 Å². The summed E-state index contributed by atoms with van der Waals surface area (Å²) in [4.78, 5) is 59.0. The molecule has 0 radical (unpaired) electrons. The molecular weight excluding hydrogens is 438 g/mol. The van der Waals surface area contributed by atoms with E-state index in [0.29, 0.717) is 5.69 Å². The normalized spacial score (nSPS) is 14.3. The van der Waals surface area contributed by atoms with E-state index >= 15 is 0 Å². The number of hydrogen-bond donors (Lipinski definition) is 9. The average molecular weight is 470 g/mol. The number of nitrogens with two attached hydrogens (primary N) is 3. The van der Waals surface area contributed by atoms with E-state index in [-0.39, 0.29) is 38.3 Å². The zero-order chi connectivity index (χ0) is 25.0. The molecule has 4 atom stereocenters. The molecule has 33 heavy (non-hydrogen) atoms. The summed E-state index contributed by atoms with van der Waals surface area (Å²) < 4.78 is 0. The van der Waals surface area contributed by atoms with Gasteiger partial charge in [-0.1, -0.05) is 0 Å². The summed E-state index contributed by atoms with van der Waals surface area (Å²) in [5, 5.41) is 26.5. The maximum absolute atomic E-state index is 12.8. The van der Waals surface area contributed by atoms with Crippen LogP contribution in [0.1, 0.15) is 25.5 Å². The highest BCUT2D eigenvalue weighted by molar-refractivity contribution is 5.94. The Bertz CT molecular complexity index is 823. The number of nitrogens with zero attached hydrogens (tertiary/aromatic N) is 2. The van der Waals surface area contributed by atoms with Crippen molar-refractivity contribution in [1.82, 2.24) is 25.9 Å². The van der Waals surface area contributed by atoms with Gasteiger partial charge in [0.2, 0.25) is 17.7 Å². The molecule has 0 saturated carbocycles. The molecule has 0 fully saturated rings. The van der Waals surface area contributed by atoms with Gasteiger partial charge in [-0.2, -0.15) is 0 Å². The lowest BCUT2D eigenvalue weighted by Gasteiger charge is -2.26. The number of guanidine groups is 1. The van der Waals surface area contributed by atoms with E-state index in [1.165, 1.54) is 19.4 Å². The Kier molecular flexibility index (Phi) is 11.3. The number of H-pyrrole nitrogens is 1. The van der Waals surface area contributed by atoms with Crippen molar-refractivity contribution in [3.8, 4) is 0 Å². The summed E-state index contributed by atoms with van der Waals surface area (Å²) in [7, 11) is 0. The van der Waals surface area contributed by atoms with E-state index in [0.717, 1.165) is 0 Å². The number of aromatic nitrogens is 2. The largest absolute Gasteiger partial charge is 0.480 e. The number of aliphatic carboxylic acids is 1. The first-order valence-corrected chi connectivity index (χ1v) is 10.1. The second-order valence-electron chi connectivity index (χ2n) is 7.18. The van der Waals surface area contributed by atoms with Crippen LogP contribution in [0.15, 0.2) is 17.5 Å². The van der Waals surface area contributed by atoms with Crippen molar-refractivity contribution in [3.05, 3.63) is 18.2 Å². The van der Waals surface area contributed by atoms with Crippen molar-refractivity contribution in [1.29, 1.82) is 0 Å². The topological polar surface area (TPSA) is 264 Å². The molecule has 0 bridgehead atoms. The molecule has 15 nitrogen and oxygen atoms in total. The lowest BCUT2D eigenvalue weighted by atomic mass is 10.1. The Labute approximate surface area is 189 Å². The quantitative estimate of drug-likeness (QED) is 0.0721. The molecule has 0 saturated heterocycles. The maximum atomic E-state index is 12.8. The van der Waals surface area contributed by atoms with Gasteiger partial charge in [0.05, 0.1) is 19.0 Å². The number of carboxylic acids is 1. The molecule has 15 heteroatoms. The van der Waals surface area contributed by atoms with E-state index in [2.05, 4.69) is 30.9 Å². The molecule has 1 heterocycles. The van der Waals surface area contributed by atoms with Crippen LogP contribution in [0.3, 0.4) is 0 Å². The van der Waals surface area contributed by atoms with Gasteiger partial charge in [0.25, 0.3) is 0 Å². The molecule has 1 aromatic heterocycles. The third-order valence-corrected chi connectivity index (χ3v) is 4.44. The van der Waals surface area contributed by atoms with Crippen LogP contribution in [0.25, 0.3) is 0 Å². The smallest absolute Gasteiger partial charge is 0.326 e. The second kappa shape index (κ2) is 13.6. The third-order valence-electron chi connectivity index (χ3n) is 4.44. The van der Waals surface area contributed by atoms with Gasteiger partial charge in [0.15, 0.2) is 5.96 Å². The fourth-order valence-electron chi connectivity index (χ4n) is 2.76. The van der Waals surface area contributed by atoms with Crippen molar-refractivity contribution < 1.29 is 29.4 Å². The summed E-state index contributed by atoms with van der Waals surface area (Å²) in [5.74, 6) is -3.77. The molecule has 4 unspecified atom stereocenters. The van der Waals surface area contributed by atoms with Gasteiger partial charge in [-0.05, 0) is 19.8 Å². The third kappa shape index (κ3) is 9.96. The molecule has 0 aliphatic rings. The SMILES string of the molecule is CC(O)C(NC(=O)C(Cc1cnc[nH]1)NC(=O)CN)C(=O)NC(CCCN=C(N)N)C(=O)O. The summed E-state index contributed by atoms with van der Waals surface area (Å²) in [6, 6.07) is -3.93. The molecule has 0 aromatic carbocycles. The molecule has 0 aliphatic carbocycles. The summed E-state index contributed by atoms with van der Waals surface area (Å²) in [6.07, 6.45) is 1.75. The molecule has 1 rings (SSSR count). The van der Waals surface area contributed by atoms with Crippen molar-refractivity contribution in [2.45, 2.75) is 50.4 Å². The Morgan fingerprint density at radius 2 is 1.85 bits per heavy atom. The average Bonchev–Trinajstić information content (AvgIpc) is 3.25. The predicted octanol–water partition coefficient (Wildman–Crippen LogP) is -4.12. The fourth-order valence-corrected chi connectivity index (χ4v) is 2.76. The zero-order valence-electron chi connectivity index (χ0n) is 18.2. The lowest BCUT2D eigenvalue weighted by Crippen LogP contribution is -2.59. The van der Waals surface area contributed by atoms with E-state index in [9.17, 15) is 29.4 Å². The van der Waals surface area contributed by atoms with Gasteiger partial charge in [-0.25, -0.2) is 9.78 Å². The first-order chi connectivity index (χ1) is 15.5. The number of aliphatic hydroxyl groups excluding tert-OH is 1. The van der Waals surface area contributed by atoms with Crippen LogP contribution in [-0.2, 0) is 25.6 Å². The van der Waals surface area contributed by atoms with Crippen LogP contribution in [0, 0.1) is 0 Å². The van der Waals surface area contributed by atoms with Crippen molar-refractivity contribution in [2.75, 3.05) is 13.1 Å². The van der Waals surface area contributed by atoms with Crippen molar-refractivity contribution in [3.63, 3.8) is 0 Å². The highest BCUT2D eigenvalue weighted by Crippen LogP contribution is 2.04. The number of carbonyl (C=O) groups is 4. The first-order valence-electron chi connectivity index (χ1n) is 10.1. The molecule has 0 aliphatic heterocycles. The summed E-state index contributed by atoms with van der Waals surface area (Å²) >= 11 is 0. The number of aromatic amines is 1. The van der Waals surface area contributed by atoms with Gasteiger partial charge >= 0.3 is 5.97 Å². The van der Waals surface area contributed by atoms with Gasteiger partial charge in [0.1, 0.15) is 18.1 Å². The van der Waals surface area contributed by atoms with Gasteiger partial charge in [0, 0.05) is 24.9 Å². The zero-order valence-corrected chi connectivity index (χ0v) is 18.2. The number of aliphatic hydroxyl groups is 1. The first kappa shape index (κ1) is 27.3. The summed E-state index contributed by atoms with van der Waals surface area (Å²) in [6.45, 7) is 1.04. The maximum Gasteiger partial charge on any atom is 0.326 e. The number of carboxylic acid groups (broad SMARTS) is 1. The van der Waals surface area contributed by atoms with Crippen molar-refractivity contribution >= 4 is 29.7 Å². The number of imidazole rings is 1. The Balaban J connectivity index is 2.87. The van der Waals surface area contributed by atoms with Gasteiger partial charge in [-0.15, -0.1) is 0 Å². The number of hydrogen-bond acceptors (Lipinski definition) is 8. The minimum absolute atomic E-state index is 0.00728. The number of rotatable bonds is 14. The standard InChI is InChI=1S/C18H31N9O6/c1-9(28)14(16(31)26-11(17(32)33)3-2-4-23-18(20)21)27-15(30)12(25-13(29)6-19)5-10-7-22-8-24-10/h7-9,11-12,14,28H,2-6,19H2,1H3,(H,22,24)(H,25,29)(H,26,31)(H,27,30)(H,32,33)(H4,20,21,23). The molecule has 12 N–H and O–H groups in total.